The molecule has 54 valence electrons. The molecule has 0 spiro atoms. The number of Topliss-reactive ketones (excluding diaryl/α,β-unsaturated/α-hetero) is 1. The maximum atomic E-state index is 9.44. The maximum Gasteiger partial charge on any atom is 0.192 e. The molecule has 9 heavy (non-hydrogen) atoms. The van der Waals surface area contributed by atoms with Crippen LogP contribution in [0.1, 0.15) is 20.3 Å². The monoisotopic (exact) mass is 132 g/mol. The Bertz CT molecular complexity index is 76.4. The van der Waals surface area contributed by atoms with Gasteiger partial charge in [0, 0.05) is 13.5 Å². The lowest BCUT2D eigenvalue weighted by molar-refractivity contribution is -0.128. The molecule has 3 nitrogen and oxygen atoms in total. The molecular weight excluding hydrogens is 120 g/mol. The Labute approximate surface area is 54.7 Å². The van der Waals surface area contributed by atoms with E-state index >= 15 is 0 Å². The Morgan fingerprint density at radius 3 is 1.89 bits per heavy atom. The van der Waals surface area contributed by atoms with E-state index in [0.717, 1.165) is 6.42 Å². The first kappa shape index (κ1) is 11.1. The Morgan fingerprint density at radius 2 is 1.89 bits per heavy atom. The second-order valence-electron chi connectivity index (χ2n) is 1.45. The number of aliphatic hydroxyl groups excluding tert-OH is 1. The fourth-order valence-electron chi connectivity index (χ4n) is 0. The number of ketones is 1. The highest BCUT2D eigenvalue weighted by Gasteiger charge is 1.76. The average Bonchev–Trinajstić information content (AvgIpc) is 1.89. The summed E-state index contributed by atoms with van der Waals surface area (Å²) >= 11 is 0. The zero-order chi connectivity index (χ0) is 7.70. The van der Waals surface area contributed by atoms with E-state index in [-0.39, 0.29) is 6.29 Å². The first-order chi connectivity index (χ1) is 4.18. The second kappa shape index (κ2) is 10.3. The number of carbonyl (C=O) groups excluding carboxylic acids is 2. The summed E-state index contributed by atoms with van der Waals surface area (Å²) in [5.74, 6) is -0.426. The van der Waals surface area contributed by atoms with Crippen molar-refractivity contribution in [2.45, 2.75) is 20.3 Å². The Kier molecular flexibility index (Phi) is 12.8. The fourth-order valence-corrected chi connectivity index (χ4v) is 0. The van der Waals surface area contributed by atoms with Crippen molar-refractivity contribution in [3.8, 4) is 0 Å². The van der Waals surface area contributed by atoms with Crippen LogP contribution in [0.15, 0.2) is 0 Å². The van der Waals surface area contributed by atoms with Crippen LogP contribution in [0.5, 0.6) is 0 Å². The molecule has 0 fully saturated rings. The van der Waals surface area contributed by atoms with Gasteiger partial charge in [0.05, 0.1) is 0 Å². The van der Waals surface area contributed by atoms with Crippen LogP contribution in [0.3, 0.4) is 0 Å². The summed E-state index contributed by atoms with van der Waals surface area (Å²) in [6.45, 7) is 3.47. The van der Waals surface area contributed by atoms with Crippen molar-refractivity contribution >= 4 is 12.1 Å². The SMILES string of the molecule is CC(=O)C=O.CCCO. The van der Waals surface area contributed by atoms with E-state index in [4.69, 9.17) is 9.90 Å². The van der Waals surface area contributed by atoms with Crippen LogP contribution >= 0.6 is 0 Å². The topological polar surface area (TPSA) is 54.4 Å². The molecular formula is C6H12O3. The molecule has 0 unspecified atom stereocenters. The third kappa shape index (κ3) is 38.8. The van der Waals surface area contributed by atoms with Crippen LogP contribution in [0.25, 0.3) is 0 Å². The Hall–Kier alpha value is -0.700. The van der Waals surface area contributed by atoms with Gasteiger partial charge in [0.15, 0.2) is 12.1 Å². The van der Waals surface area contributed by atoms with Crippen LogP contribution in [0.2, 0.25) is 0 Å². The van der Waals surface area contributed by atoms with Crippen molar-refractivity contribution in [1.82, 2.24) is 0 Å². The summed E-state index contributed by atoms with van der Waals surface area (Å²) in [5, 5.41) is 7.88. The molecule has 0 rings (SSSR count). The number of hydrogen-bond donors (Lipinski definition) is 1. The molecule has 1 N–H and O–H groups in total. The largest absolute Gasteiger partial charge is 0.396 e. The van der Waals surface area contributed by atoms with Crippen LogP contribution < -0.4 is 0 Å². The zero-order valence-corrected chi connectivity index (χ0v) is 5.76. The van der Waals surface area contributed by atoms with E-state index in [1.807, 2.05) is 6.92 Å². The molecule has 0 heterocycles. The first-order valence-corrected chi connectivity index (χ1v) is 2.75. The average molecular weight is 132 g/mol. The van der Waals surface area contributed by atoms with E-state index in [1.54, 1.807) is 0 Å². The standard InChI is InChI=1S/C3H4O2.C3H8O/c1-3(5)2-4;1-2-3-4/h2H,1H3;4H,2-3H2,1H3. The van der Waals surface area contributed by atoms with E-state index in [0.29, 0.717) is 6.61 Å². The quantitative estimate of drug-likeness (QED) is 0.430. The number of aldehydes is 1. The number of hydrogen-bond acceptors (Lipinski definition) is 3. The second-order valence-corrected chi connectivity index (χ2v) is 1.45. The lowest BCUT2D eigenvalue weighted by Crippen LogP contribution is -1.85. The summed E-state index contributed by atoms with van der Waals surface area (Å²) in [5.41, 5.74) is 0. The number of aliphatic hydroxyl groups is 1. The normalized spacial score (nSPS) is 7.00. The Balaban J connectivity index is 0. The molecule has 0 bridgehead atoms. The highest BCUT2D eigenvalue weighted by molar-refractivity contribution is 6.23. The van der Waals surface area contributed by atoms with Gasteiger partial charge in [-0.05, 0) is 6.42 Å². The lowest BCUT2D eigenvalue weighted by atomic mass is 10.5. The minimum absolute atomic E-state index is 0.278. The van der Waals surface area contributed by atoms with E-state index in [1.165, 1.54) is 6.92 Å². The van der Waals surface area contributed by atoms with Crippen molar-refractivity contribution in [3.05, 3.63) is 0 Å². The van der Waals surface area contributed by atoms with Gasteiger partial charge >= 0.3 is 0 Å². The molecule has 0 aromatic carbocycles. The third-order valence-electron chi connectivity index (χ3n) is 0.390. The van der Waals surface area contributed by atoms with Gasteiger partial charge in [0.1, 0.15) is 0 Å². The van der Waals surface area contributed by atoms with Gasteiger partial charge in [0.25, 0.3) is 0 Å². The van der Waals surface area contributed by atoms with Crippen molar-refractivity contribution in [3.63, 3.8) is 0 Å². The molecule has 0 aromatic heterocycles. The summed E-state index contributed by atoms with van der Waals surface area (Å²) < 4.78 is 0. The van der Waals surface area contributed by atoms with Crippen molar-refractivity contribution < 1.29 is 14.7 Å². The van der Waals surface area contributed by atoms with E-state index < -0.39 is 5.78 Å². The molecule has 0 aromatic rings. The van der Waals surface area contributed by atoms with Gasteiger partial charge in [-0.3, -0.25) is 9.59 Å². The molecule has 0 atom stereocenters. The van der Waals surface area contributed by atoms with Gasteiger partial charge in [-0.2, -0.15) is 0 Å². The van der Waals surface area contributed by atoms with Crippen molar-refractivity contribution in [2.24, 2.45) is 0 Å². The van der Waals surface area contributed by atoms with Gasteiger partial charge in [-0.1, -0.05) is 6.92 Å². The maximum absolute atomic E-state index is 9.44. The van der Waals surface area contributed by atoms with E-state index in [9.17, 15) is 4.79 Å². The minimum atomic E-state index is -0.426. The minimum Gasteiger partial charge on any atom is -0.396 e. The summed E-state index contributed by atoms with van der Waals surface area (Å²) in [6.07, 6.45) is 1.15. The van der Waals surface area contributed by atoms with Crippen LogP contribution in [-0.2, 0) is 9.59 Å². The first-order valence-electron chi connectivity index (χ1n) is 2.75. The molecule has 0 radical (unpaired) electrons. The van der Waals surface area contributed by atoms with Gasteiger partial charge in [0.2, 0.25) is 0 Å². The summed E-state index contributed by atoms with van der Waals surface area (Å²) in [7, 11) is 0. The van der Waals surface area contributed by atoms with Crippen LogP contribution in [0, 0.1) is 0 Å². The van der Waals surface area contributed by atoms with Gasteiger partial charge < -0.3 is 5.11 Å². The molecule has 0 aliphatic heterocycles. The third-order valence-corrected chi connectivity index (χ3v) is 0.390. The number of carbonyl (C=O) groups is 2. The molecule has 3 heteroatoms. The van der Waals surface area contributed by atoms with Gasteiger partial charge in [-0.25, -0.2) is 0 Å². The molecule has 0 aliphatic rings. The molecule has 0 aliphatic carbocycles. The van der Waals surface area contributed by atoms with Crippen molar-refractivity contribution in [1.29, 1.82) is 0 Å². The Morgan fingerprint density at radius 1 is 1.67 bits per heavy atom. The highest BCUT2D eigenvalue weighted by atomic mass is 16.2. The van der Waals surface area contributed by atoms with Crippen molar-refractivity contribution in [2.75, 3.05) is 6.61 Å². The summed E-state index contributed by atoms with van der Waals surface area (Å²) in [4.78, 5) is 18.6. The van der Waals surface area contributed by atoms with Gasteiger partial charge in [-0.15, -0.1) is 0 Å². The predicted molar refractivity (Wildman–Crippen MR) is 34.1 cm³/mol. The lowest BCUT2D eigenvalue weighted by Gasteiger charge is -1.69. The zero-order valence-electron chi connectivity index (χ0n) is 5.76. The molecule has 0 saturated carbocycles. The smallest absolute Gasteiger partial charge is 0.192 e. The van der Waals surface area contributed by atoms with Crippen LogP contribution in [0.4, 0.5) is 0 Å². The van der Waals surface area contributed by atoms with E-state index in [2.05, 4.69) is 0 Å². The highest BCUT2D eigenvalue weighted by Crippen LogP contribution is 1.61. The molecule has 0 saturated heterocycles. The molecule has 0 amide bonds. The number of rotatable bonds is 2. The predicted octanol–water partition coefficient (Wildman–Crippen LogP) is 0.163. The fraction of sp³-hybridized carbons (Fsp3) is 0.667. The van der Waals surface area contributed by atoms with Crippen LogP contribution in [-0.4, -0.2) is 23.8 Å². The summed E-state index contributed by atoms with van der Waals surface area (Å²) in [6, 6.07) is 0.